The number of ether oxygens (including phenoxy) is 2. The van der Waals surface area contributed by atoms with Crippen molar-refractivity contribution in [1.29, 1.82) is 0 Å². The molecule has 0 bridgehead atoms. The summed E-state index contributed by atoms with van der Waals surface area (Å²) in [7, 11) is 3.82. The summed E-state index contributed by atoms with van der Waals surface area (Å²) < 4.78 is 12.4. The third-order valence-electron chi connectivity index (χ3n) is 7.31. The third-order valence-corrected chi connectivity index (χ3v) is 8.34. The van der Waals surface area contributed by atoms with Crippen molar-refractivity contribution >= 4 is 16.5 Å². The summed E-state index contributed by atoms with van der Waals surface area (Å²) in [5.41, 5.74) is 5.11. The van der Waals surface area contributed by atoms with Gasteiger partial charge in [-0.15, -0.1) is 10.2 Å². The standard InChI is InChI=1S/C31H39N5O2S/c1-20-13-14-24(32-20)22-15-25(37-7)27(26(16-22)38-19-21-11-9-8-10-12-21)28-33-34-29(39-28)36(6)23-17-30(2,3)35-31(4,5)18-23/h8-16,23,32,35H,17-19H2,1-7H3. The molecule has 1 aliphatic heterocycles. The van der Waals surface area contributed by atoms with Gasteiger partial charge in [-0.25, -0.2) is 0 Å². The van der Waals surface area contributed by atoms with E-state index in [9.17, 15) is 0 Å². The zero-order chi connectivity index (χ0) is 27.8. The molecule has 5 rings (SSSR count). The third kappa shape index (κ3) is 6.12. The van der Waals surface area contributed by atoms with E-state index in [1.807, 2.05) is 31.2 Å². The second-order valence-electron chi connectivity index (χ2n) is 11.8. The first kappa shape index (κ1) is 27.2. The quantitative estimate of drug-likeness (QED) is 0.252. The predicted molar refractivity (Wildman–Crippen MR) is 160 cm³/mol. The number of aromatic amines is 1. The Bertz CT molecular complexity index is 1410. The number of anilines is 1. The van der Waals surface area contributed by atoms with E-state index in [0.717, 1.165) is 56.8 Å². The topological polar surface area (TPSA) is 75.3 Å². The van der Waals surface area contributed by atoms with Gasteiger partial charge in [-0.2, -0.15) is 0 Å². The summed E-state index contributed by atoms with van der Waals surface area (Å²) >= 11 is 1.57. The number of aryl methyl sites for hydroxylation is 1. The van der Waals surface area contributed by atoms with Crippen molar-refractivity contribution in [3.05, 3.63) is 65.9 Å². The highest BCUT2D eigenvalue weighted by molar-refractivity contribution is 7.18. The first-order valence-corrected chi connectivity index (χ1v) is 14.3. The molecule has 0 spiro atoms. The number of H-pyrrole nitrogens is 1. The zero-order valence-electron chi connectivity index (χ0n) is 24.0. The fraction of sp³-hybridized carbons (Fsp3) is 0.419. The van der Waals surface area contributed by atoms with Crippen molar-refractivity contribution in [2.45, 2.75) is 71.2 Å². The molecule has 1 saturated heterocycles. The lowest BCUT2D eigenvalue weighted by atomic mass is 9.79. The van der Waals surface area contributed by atoms with Crippen molar-refractivity contribution in [3.8, 4) is 33.3 Å². The highest BCUT2D eigenvalue weighted by atomic mass is 32.1. The van der Waals surface area contributed by atoms with Gasteiger partial charge in [-0.1, -0.05) is 41.7 Å². The van der Waals surface area contributed by atoms with Gasteiger partial charge in [0, 0.05) is 41.1 Å². The molecule has 3 heterocycles. The molecule has 0 unspecified atom stereocenters. The van der Waals surface area contributed by atoms with Crippen LogP contribution in [0.25, 0.3) is 21.8 Å². The maximum Gasteiger partial charge on any atom is 0.208 e. The number of rotatable bonds is 8. The van der Waals surface area contributed by atoms with E-state index in [0.29, 0.717) is 18.4 Å². The minimum absolute atomic E-state index is 0.0435. The Balaban J connectivity index is 1.51. The Morgan fingerprint density at radius 1 is 0.974 bits per heavy atom. The Kier molecular flexibility index (Phi) is 7.44. The number of hydrogen-bond donors (Lipinski definition) is 2. The maximum atomic E-state index is 6.45. The van der Waals surface area contributed by atoms with Crippen LogP contribution in [0.2, 0.25) is 0 Å². The monoisotopic (exact) mass is 545 g/mol. The summed E-state index contributed by atoms with van der Waals surface area (Å²) in [5, 5.41) is 14.7. The molecule has 4 aromatic rings. The molecule has 206 valence electrons. The summed E-state index contributed by atoms with van der Waals surface area (Å²) in [6.45, 7) is 11.6. The van der Waals surface area contributed by atoms with Gasteiger partial charge in [0.25, 0.3) is 0 Å². The summed E-state index contributed by atoms with van der Waals surface area (Å²) in [6.07, 6.45) is 2.06. The van der Waals surface area contributed by atoms with Crippen LogP contribution in [0.4, 0.5) is 5.13 Å². The van der Waals surface area contributed by atoms with Gasteiger partial charge in [0.15, 0.2) is 5.01 Å². The fourth-order valence-corrected chi connectivity index (χ4v) is 6.73. The number of benzene rings is 2. The van der Waals surface area contributed by atoms with Gasteiger partial charge >= 0.3 is 0 Å². The molecule has 0 atom stereocenters. The number of methoxy groups -OCH3 is 1. The van der Waals surface area contributed by atoms with Crippen LogP contribution in [0.1, 0.15) is 51.8 Å². The first-order valence-electron chi connectivity index (χ1n) is 13.4. The van der Waals surface area contributed by atoms with E-state index < -0.39 is 0 Å². The van der Waals surface area contributed by atoms with Crippen molar-refractivity contribution in [2.75, 3.05) is 19.1 Å². The van der Waals surface area contributed by atoms with Gasteiger partial charge in [0.1, 0.15) is 18.1 Å². The normalized spacial score (nSPS) is 16.7. The van der Waals surface area contributed by atoms with E-state index in [1.165, 1.54) is 0 Å². The predicted octanol–water partition coefficient (Wildman–Crippen LogP) is 6.84. The minimum atomic E-state index is 0.0435. The van der Waals surface area contributed by atoms with Crippen molar-refractivity contribution in [2.24, 2.45) is 0 Å². The molecule has 0 amide bonds. The van der Waals surface area contributed by atoms with Crippen LogP contribution in [0.3, 0.4) is 0 Å². The van der Waals surface area contributed by atoms with Crippen LogP contribution in [-0.2, 0) is 6.61 Å². The van der Waals surface area contributed by atoms with Crippen molar-refractivity contribution in [1.82, 2.24) is 20.5 Å². The Morgan fingerprint density at radius 3 is 2.31 bits per heavy atom. The van der Waals surface area contributed by atoms with E-state index in [1.54, 1.807) is 18.4 Å². The van der Waals surface area contributed by atoms with Crippen LogP contribution in [0, 0.1) is 6.92 Å². The van der Waals surface area contributed by atoms with E-state index in [2.05, 4.69) is 90.5 Å². The molecular weight excluding hydrogens is 506 g/mol. The van der Waals surface area contributed by atoms with Crippen LogP contribution < -0.4 is 19.7 Å². The second-order valence-corrected chi connectivity index (χ2v) is 12.8. The second kappa shape index (κ2) is 10.7. The van der Waals surface area contributed by atoms with E-state index in [-0.39, 0.29) is 11.1 Å². The molecule has 2 aromatic heterocycles. The minimum Gasteiger partial charge on any atom is -0.496 e. The van der Waals surface area contributed by atoms with Crippen LogP contribution in [-0.4, -0.2) is 46.5 Å². The lowest BCUT2D eigenvalue weighted by Crippen LogP contribution is -2.61. The smallest absolute Gasteiger partial charge is 0.208 e. The average Bonchev–Trinajstić information content (AvgIpc) is 3.54. The van der Waals surface area contributed by atoms with Gasteiger partial charge in [0.2, 0.25) is 5.13 Å². The Morgan fingerprint density at radius 2 is 1.67 bits per heavy atom. The number of piperidine rings is 1. The zero-order valence-corrected chi connectivity index (χ0v) is 24.8. The number of nitrogens with one attached hydrogen (secondary N) is 2. The highest BCUT2D eigenvalue weighted by Gasteiger charge is 2.40. The van der Waals surface area contributed by atoms with Gasteiger partial charge < -0.3 is 24.7 Å². The molecule has 2 N–H and O–H groups in total. The molecule has 2 aromatic carbocycles. The molecule has 1 aliphatic rings. The van der Waals surface area contributed by atoms with Gasteiger partial charge in [-0.3, -0.25) is 0 Å². The summed E-state index contributed by atoms with van der Waals surface area (Å²) in [5.74, 6) is 1.42. The maximum absolute atomic E-state index is 6.45. The van der Waals surface area contributed by atoms with E-state index in [4.69, 9.17) is 9.47 Å². The van der Waals surface area contributed by atoms with Crippen LogP contribution in [0.15, 0.2) is 54.6 Å². The van der Waals surface area contributed by atoms with Crippen LogP contribution >= 0.6 is 11.3 Å². The summed E-state index contributed by atoms with van der Waals surface area (Å²) in [6, 6.07) is 18.8. The van der Waals surface area contributed by atoms with Gasteiger partial charge in [-0.05, 0) is 77.3 Å². The average molecular weight is 546 g/mol. The number of aromatic nitrogens is 3. The lowest BCUT2D eigenvalue weighted by Gasteiger charge is -2.48. The molecular formula is C31H39N5O2S. The molecule has 8 heteroatoms. The Hall–Kier alpha value is -3.36. The highest BCUT2D eigenvalue weighted by Crippen LogP contribution is 2.45. The lowest BCUT2D eigenvalue weighted by molar-refractivity contribution is 0.161. The van der Waals surface area contributed by atoms with Gasteiger partial charge in [0.05, 0.1) is 12.7 Å². The Labute approximate surface area is 235 Å². The molecule has 0 radical (unpaired) electrons. The van der Waals surface area contributed by atoms with Crippen molar-refractivity contribution < 1.29 is 9.47 Å². The number of nitrogens with zero attached hydrogens (tertiary/aromatic N) is 3. The molecule has 7 nitrogen and oxygen atoms in total. The number of hydrogen-bond acceptors (Lipinski definition) is 7. The van der Waals surface area contributed by atoms with Crippen LogP contribution in [0.5, 0.6) is 11.5 Å². The SMILES string of the molecule is COc1cc(-c2ccc(C)[nH]2)cc(OCc2ccccc2)c1-c1nnc(N(C)C2CC(C)(C)NC(C)(C)C2)s1. The largest absolute Gasteiger partial charge is 0.496 e. The molecule has 1 fully saturated rings. The summed E-state index contributed by atoms with van der Waals surface area (Å²) in [4.78, 5) is 5.71. The molecule has 39 heavy (non-hydrogen) atoms. The fourth-order valence-electron chi connectivity index (χ4n) is 5.80. The first-order chi connectivity index (χ1) is 18.5. The molecule has 0 aliphatic carbocycles. The van der Waals surface area contributed by atoms with Crippen molar-refractivity contribution in [3.63, 3.8) is 0 Å². The van der Waals surface area contributed by atoms with E-state index >= 15 is 0 Å². The molecule has 0 saturated carbocycles.